The number of hydrogen-bond donors (Lipinski definition) is 0. The molecule has 2 heterocycles. The Labute approximate surface area is 155 Å². The summed E-state index contributed by atoms with van der Waals surface area (Å²) in [5.74, 6) is 0.117. The van der Waals surface area contributed by atoms with Gasteiger partial charge in [-0.3, -0.25) is 4.79 Å². The molecule has 0 saturated carbocycles. The summed E-state index contributed by atoms with van der Waals surface area (Å²) in [6.07, 6.45) is 0. The summed E-state index contributed by atoms with van der Waals surface area (Å²) < 4.78 is 2.68. The van der Waals surface area contributed by atoms with E-state index in [1.165, 1.54) is 5.56 Å². The lowest BCUT2D eigenvalue weighted by Gasteiger charge is -2.29. The second-order valence-electron chi connectivity index (χ2n) is 6.37. The SMILES string of the molecule is Cc1cccc(CN2Cc3c(-c4ccccc4)nc(Br)n3CC2=O)c1. The van der Waals surface area contributed by atoms with Crippen molar-refractivity contribution < 1.29 is 4.79 Å². The van der Waals surface area contributed by atoms with Crippen molar-refractivity contribution in [3.05, 3.63) is 76.2 Å². The number of carbonyl (C=O) groups excluding carboxylic acids is 1. The number of aromatic nitrogens is 2. The summed E-state index contributed by atoms with van der Waals surface area (Å²) in [4.78, 5) is 19.2. The molecule has 0 aliphatic carbocycles. The second-order valence-corrected chi connectivity index (χ2v) is 7.08. The van der Waals surface area contributed by atoms with Crippen LogP contribution < -0.4 is 0 Å². The monoisotopic (exact) mass is 395 g/mol. The van der Waals surface area contributed by atoms with E-state index in [0.29, 0.717) is 24.4 Å². The molecule has 0 unspecified atom stereocenters. The number of nitrogens with zero attached hydrogens (tertiary/aromatic N) is 3. The van der Waals surface area contributed by atoms with Crippen LogP contribution in [-0.2, 0) is 24.4 Å². The maximum atomic E-state index is 12.6. The summed E-state index contributed by atoms with van der Waals surface area (Å²) in [5, 5.41) is 0. The van der Waals surface area contributed by atoms with Crippen molar-refractivity contribution in [3.8, 4) is 11.3 Å². The van der Waals surface area contributed by atoms with Crippen molar-refractivity contribution in [2.45, 2.75) is 26.6 Å². The van der Waals surface area contributed by atoms with Gasteiger partial charge < -0.3 is 9.47 Å². The number of aryl methyl sites for hydroxylation is 1. The van der Waals surface area contributed by atoms with Crippen LogP contribution in [0.5, 0.6) is 0 Å². The third-order valence-electron chi connectivity index (χ3n) is 4.52. The van der Waals surface area contributed by atoms with Gasteiger partial charge >= 0.3 is 0 Å². The van der Waals surface area contributed by atoms with Crippen LogP contribution in [0.15, 0.2) is 59.3 Å². The van der Waals surface area contributed by atoms with E-state index in [1.807, 2.05) is 33.7 Å². The van der Waals surface area contributed by atoms with Crippen LogP contribution in [0.4, 0.5) is 0 Å². The molecule has 1 aromatic heterocycles. The summed E-state index contributed by atoms with van der Waals surface area (Å²) >= 11 is 3.51. The molecule has 126 valence electrons. The fourth-order valence-corrected chi connectivity index (χ4v) is 3.80. The number of rotatable bonds is 3. The zero-order valence-electron chi connectivity index (χ0n) is 13.9. The van der Waals surface area contributed by atoms with Crippen molar-refractivity contribution in [1.29, 1.82) is 0 Å². The molecular formula is C20H18BrN3O. The van der Waals surface area contributed by atoms with E-state index in [2.05, 4.69) is 58.2 Å². The molecule has 0 atom stereocenters. The molecule has 0 fully saturated rings. The molecule has 0 N–H and O–H groups in total. The Morgan fingerprint density at radius 1 is 1.08 bits per heavy atom. The lowest BCUT2D eigenvalue weighted by Crippen LogP contribution is -2.38. The van der Waals surface area contributed by atoms with Gasteiger partial charge in [-0.2, -0.15) is 0 Å². The third kappa shape index (κ3) is 3.12. The molecule has 4 nitrogen and oxygen atoms in total. The maximum absolute atomic E-state index is 12.6. The Morgan fingerprint density at radius 3 is 2.64 bits per heavy atom. The van der Waals surface area contributed by atoms with E-state index in [9.17, 15) is 4.79 Å². The fraction of sp³-hybridized carbons (Fsp3) is 0.200. The first-order valence-corrected chi connectivity index (χ1v) is 9.05. The number of carbonyl (C=O) groups is 1. The Kier molecular flexibility index (Phi) is 4.17. The Morgan fingerprint density at radius 2 is 1.88 bits per heavy atom. The van der Waals surface area contributed by atoms with Gasteiger partial charge in [0.1, 0.15) is 6.54 Å². The first-order valence-electron chi connectivity index (χ1n) is 8.25. The van der Waals surface area contributed by atoms with Crippen LogP contribution in [0.1, 0.15) is 16.8 Å². The van der Waals surface area contributed by atoms with E-state index in [4.69, 9.17) is 0 Å². The van der Waals surface area contributed by atoms with Gasteiger partial charge in [-0.1, -0.05) is 60.2 Å². The maximum Gasteiger partial charge on any atom is 0.243 e. The largest absolute Gasteiger partial charge is 0.331 e. The van der Waals surface area contributed by atoms with E-state index < -0.39 is 0 Å². The van der Waals surface area contributed by atoms with Crippen molar-refractivity contribution in [1.82, 2.24) is 14.5 Å². The molecule has 3 aromatic rings. The average molecular weight is 396 g/mol. The lowest BCUT2D eigenvalue weighted by atomic mass is 10.1. The molecule has 2 aromatic carbocycles. The van der Waals surface area contributed by atoms with Crippen LogP contribution in [-0.4, -0.2) is 20.4 Å². The van der Waals surface area contributed by atoms with Crippen molar-refractivity contribution >= 4 is 21.8 Å². The molecule has 0 spiro atoms. The number of fused-ring (bicyclic) bond motifs is 1. The molecule has 1 amide bonds. The van der Waals surface area contributed by atoms with Crippen molar-refractivity contribution in [3.63, 3.8) is 0 Å². The molecular weight excluding hydrogens is 378 g/mol. The van der Waals surface area contributed by atoms with E-state index in [1.54, 1.807) is 0 Å². The first kappa shape index (κ1) is 16.1. The highest BCUT2D eigenvalue weighted by molar-refractivity contribution is 9.10. The number of hydrogen-bond acceptors (Lipinski definition) is 2. The van der Waals surface area contributed by atoms with Gasteiger partial charge in [-0.25, -0.2) is 4.98 Å². The van der Waals surface area contributed by atoms with Crippen molar-refractivity contribution in [2.24, 2.45) is 0 Å². The zero-order valence-corrected chi connectivity index (χ0v) is 15.5. The minimum Gasteiger partial charge on any atom is -0.331 e. The summed E-state index contributed by atoms with van der Waals surface area (Å²) in [6, 6.07) is 18.4. The zero-order chi connectivity index (χ0) is 17.4. The smallest absolute Gasteiger partial charge is 0.243 e. The average Bonchev–Trinajstić information content (AvgIpc) is 2.92. The number of imidazole rings is 1. The standard InChI is InChI=1S/C20H18BrN3O/c1-14-6-5-7-15(10-14)11-23-12-17-19(16-8-3-2-4-9-16)22-20(21)24(17)13-18(23)25/h2-10H,11-13H2,1H3. The van der Waals surface area contributed by atoms with Crippen LogP contribution in [0, 0.1) is 6.92 Å². The molecule has 25 heavy (non-hydrogen) atoms. The molecule has 1 aliphatic rings. The van der Waals surface area contributed by atoms with E-state index >= 15 is 0 Å². The number of halogens is 1. The van der Waals surface area contributed by atoms with Gasteiger partial charge in [-0.15, -0.1) is 0 Å². The van der Waals surface area contributed by atoms with Crippen LogP contribution in [0.25, 0.3) is 11.3 Å². The predicted octanol–water partition coefficient (Wildman–Crippen LogP) is 4.16. The molecule has 0 saturated heterocycles. The van der Waals surface area contributed by atoms with Crippen LogP contribution in [0.3, 0.4) is 0 Å². The summed E-state index contributed by atoms with van der Waals surface area (Å²) in [7, 11) is 0. The van der Waals surface area contributed by atoms with Gasteiger partial charge in [0.25, 0.3) is 0 Å². The highest BCUT2D eigenvalue weighted by Crippen LogP contribution is 2.30. The molecule has 0 radical (unpaired) electrons. The minimum atomic E-state index is 0.117. The highest BCUT2D eigenvalue weighted by atomic mass is 79.9. The predicted molar refractivity (Wildman–Crippen MR) is 101 cm³/mol. The first-order chi connectivity index (χ1) is 12.1. The number of amides is 1. The Bertz CT molecular complexity index is 933. The Hall–Kier alpha value is -2.40. The topological polar surface area (TPSA) is 38.1 Å². The Balaban J connectivity index is 1.68. The molecule has 0 bridgehead atoms. The molecule has 1 aliphatic heterocycles. The van der Waals surface area contributed by atoms with E-state index in [0.717, 1.165) is 22.5 Å². The fourth-order valence-electron chi connectivity index (χ4n) is 3.28. The molecule has 4 rings (SSSR count). The summed E-state index contributed by atoms with van der Waals surface area (Å²) in [6.45, 7) is 3.58. The van der Waals surface area contributed by atoms with Crippen molar-refractivity contribution in [2.75, 3.05) is 0 Å². The number of benzene rings is 2. The van der Waals surface area contributed by atoms with Crippen LogP contribution in [0.2, 0.25) is 0 Å². The van der Waals surface area contributed by atoms with Gasteiger partial charge in [0.05, 0.1) is 17.9 Å². The molecule has 5 heteroatoms. The van der Waals surface area contributed by atoms with E-state index in [-0.39, 0.29) is 5.91 Å². The normalized spacial score (nSPS) is 13.8. The van der Waals surface area contributed by atoms with Gasteiger partial charge in [0.15, 0.2) is 4.73 Å². The third-order valence-corrected chi connectivity index (χ3v) is 5.12. The quantitative estimate of drug-likeness (QED) is 0.667. The van der Waals surface area contributed by atoms with Gasteiger partial charge in [0.2, 0.25) is 5.91 Å². The van der Waals surface area contributed by atoms with Crippen LogP contribution >= 0.6 is 15.9 Å². The minimum absolute atomic E-state index is 0.117. The van der Waals surface area contributed by atoms with Gasteiger partial charge in [-0.05, 0) is 28.4 Å². The lowest BCUT2D eigenvalue weighted by molar-refractivity contribution is -0.134. The summed E-state index contributed by atoms with van der Waals surface area (Å²) in [5.41, 5.74) is 5.45. The second kappa shape index (κ2) is 6.48. The highest BCUT2D eigenvalue weighted by Gasteiger charge is 2.28. The van der Waals surface area contributed by atoms with Gasteiger partial charge in [0, 0.05) is 12.1 Å².